The molecule has 2 N–H and O–H groups in total. The van der Waals surface area contributed by atoms with Crippen LogP contribution in [0.5, 0.6) is 0 Å². The molecule has 0 saturated carbocycles. The molecule has 12 nitrogen and oxygen atoms in total. The average molecular weight is 697 g/mol. The molecule has 6 rings (SSSR count). The monoisotopic (exact) mass is 695 g/mol. The van der Waals surface area contributed by atoms with Crippen molar-refractivity contribution in [2.24, 2.45) is 5.92 Å². The van der Waals surface area contributed by atoms with E-state index in [2.05, 4.69) is 20.3 Å². The Morgan fingerprint density at radius 3 is 2.43 bits per heavy atom. The van der Waals surface area contributed by atoms with Crippen LogP contribution in [-0.4, -0.2) is 70.1 Å². The van der Waals surface area contributed by atoms with Gasteiger partial charge in [-0.2, -0.15) is 0 Å². The van der Waals surface area contributed by atoms with Crippen LogP contribution in [0.4, 0.5) is 11.6 Å². The molecule has 244 valence electrons. The van der Waals surface area contributed by atoms with Crippen LogP contribution >= 0.6 is 23.2 Å². The number of anilines is 2. The summed E-state index contributed by atoms with van der Waals surface area (Å²) in [6.45, 7) is 3.59. The lowest BCUT2D eigenvalue weighted by Gasteiger charge is -2.28. The fraction of sp³-hybridized carbons (Fsp3) is 0.312. The highest BCUT2D eigenvalue weighted by molar-refractivity contribution is 7.82. The van der Waals surface area contributed by atoms with Gasteiger partial charge in [-0.15, -0.1) is 0 Å². The summed E-state index contributed by atoms with van der Waals surface area (Å²) in [6.07, 6.45) is 7.65. The van der Waals surface area contributed by atoms with Crippen molar-refractivity contribution in [3.63, 3.8) is 0 Å². The van der Waals surface area contributed by atoms with E-state index in [1.165, 1.54) is 24.3 Å². The molecule has 1 saturated heterocycles. The number of rotatable bonds is 10. The zero-order chi connectivity index (χ0) is 33.5. The van der Waals surface area contributed by atoms with E-state index in [9.17, 15) is 23.7 Å². The minimum Gasteiger partial charge on any atom is -0.481 e. The van der Waals surface area contributed by atoms with Gasteiger partial charge in [0.2, 0.25) is 11.9 Å². The Bertz CT molecular complexity index is 1850. The Labute approximate surface area is 283 Å². The Kier molecular flexibility index (Phi) is 9.16. The van der Waals surface area contributed by atoms with E-state index in [1.54, 1.807) is 46.4 Å². The smallest absolute Gasteiger partial charge is 0.308 e. The van der Waals surface area contributed by atoms with Crippen molar-refractivity contribution in [2.45, 2.75) is 49.7 Å². The molecule has 2 amide bonds. The van der Waals surface area contributed by atoms with E-state index in [0.717, 1.165) is 16.7 Å². The number of hydrogen-bond acceptors (Lipinski definition) is 7. The Morgan fingerprint density at radius 1 is 1.09 bits per heavy atom. The van der Waals surface area contributed by atoms with Gasteiger partial charge in [0.25, 0.3) is 5.91 Å². The molecule has 4 atom stereocenters. The molecule has 0 bridgehead atoms. The minimum absolute atomic E-state index is 0.0486. The molecule has 0 aliphatic carbocycles. The van der Waals surface area contributed by atoms with Crippen molar-refractivity contribution < 1.29 is 23.7 Å². The standard InChI is InChI=1S/C32H31Cl2N7O5S/c1-19(29(43)44)14-37-28(42)26-4-3-9-39(26)47(46)27-17-38-31-40(25-11-23(33)10-24(34)12-25)30(45)32(2,41(27)31)13-20-5-7-21(8-6-20)22-15-35-18-36-16-22/h5-8,10-12,15-19,26H,3-4,9,13-14H2,1-2H3,(H,37,42)(H,43,44)/t19?,26-,32+,47?/m0/s1. The number of aromatic nitrogens is 4. The molecular weight excluding hydrogens is 665 g/mol. The summed E-state index contributed by atoms with van der Waals surface area (Å²) in [4.78, 5) is 53.1. The summed E-state index contributed by atoms with van der Waals surface area (Å²) in [5.74, 6) is -2.28. The normalized spacial score (nSPS) is 20.6. The number of imidazole rings is 1. The third-order valence-corrected chi connectivity index (χ3v) is 10.4. The third kappa shape index (κ3) is 6.28. The summed E-state index contributed by atoms with van der Waals surface area (Å²) < 4.78 is 17.6. The minimum atomic E-state index is -1.90. The van der Waals surface area contributed by atoms with Gasteiger partial charge in [0, 0.05) is 47.5 Å². The number of halogens is 2. The van der Waals surface area contributed by atoms with Crippen molar-refractivity contribution in [3.05, 3.63) is 83.0 Å². The summed E-state index contributed by atoms with van der Waals surface area (Å²) in [5, 5.41) is 12.8. The van der Waals surface area contributed by atoms with Gasteiger partial charge >= 0.3 is 5.97 Å². The number of nitrogens with one attached hydrogen (secondary N) is 1. The van der Waals surface area contributed by atoms with Gasteiger partial charge in [-0.05, 0) is 49.1 Å². The van der Waals surface area contributed by atoms with E-state index in [4.69, 9.17) is 23.2 Å². The van der Waals surface area contributed by atoms with Crippen LogP contribution in [0, 0.1) is 5.92 Å². The SMILES string of the molecule is CC(CNC(=O)[C@@H]1CCCN1S(=O)c1cnc2n1[C@](C)(Cc1ccc(-c3cncnc3)cc1)C(=O)N2c1cc(Cl)cc(Cl)c1)C(=O)O. The molecule has 2 aliphatic heterocycles. The molecule has 4 aromatic rings. The number of benzene rings is 2. The first-order valence-electron chi connectivity index (χ1n) is 14.9. The fourth-order valence-corrected chi connectivity index (χ4v) is 8.06. The van der Waals surface area contributed by atoms with Crippen LogP contribution < -0.4 is 10.2 Å². The van der Waals surface area contributed by atoms with Crippen LogP contribution in [0.1, 0.15) is 32.3 Å². The maximum atomic E-state index is 14.5. The van der Waals surface area contributed by atoms with Crippen molar-refractivity contribution in [2.75, 3.05) is 18.0 Å². The van der Waals surface area contributed by atoms with Gasteiger partial charge in [0.05, 0.1) is 17.8 Å². The summed E-state index contributed by atoms with van der Waals surface area (Å²) in [6, 6.07) is 11.7. The zero-order valence-electron chi connectivity index (χ0n) is 25.5. The molecule has 4 heterocycles. The first kappa shape index (κ1) is 32.8. The van der Waals surface area contributed by atoms with Gasteiger partial charge in [0.15, 0.2) is 0 Å². The Morgan fingerprint density at radius 2 is 1.77 bits per heavy atom. The van der Waals surface area contributed by atoms with E-state index >= 15 is 0 Å². The molecule has 47 heavy (non-hydrogen) atoms. The maximum Gasteiger partial charge on any atom is 0.308 e. The second-order valence-electron chi connectivity index (χ2n) is 11.8. The lowest BCUT2D eigenvalue weighted by atomic mass is 9.91. The summed E-state index contributed by atoms with van der Waals surface area (Å²) in [5.41, 5.74) is 1.73. The van der Waals surface area contributed by atoms with E-state index in [1.807, 2.05) is 24.3 Å². The van der Waals surface area contributed by atoms with Crippen molar-refractivity contribution in [3.8, 4) is 11.1 Å². The van der Waals surface area contributed by atoms with Gasteiger partial charge in [-0.1, -0.05) is 54.4 Å². The molecular formula is C32H31Cl2N7O5S. The lowest BCUT2D eigenvalue weighted by Crippen LogP contribution is -2.46. The van der Waals surface area contributed by atoms with Crippen LogP contribution in [0.3, 0.4) is 0 Å². The summed E-state index contributed by atoms with van der Waals surface area (Å²) >= 11 is 12.7. The molecule has 2 aromatic heterocycles. The second-order valence-corrected chi connectivity index (χ2v) is 14.1. The molecule has 0 radical (unpaired) electrons. The number of amides is 2. The van der Waals surface area contributed by atoms with Crippen molar-refractivity contribution in [1.29, 1.82) is 0 Å². The maximum absolute atomic E-state index is 14.5. The quantitative estimate of drug-likeness (QED) is 0.244. The Balaban J connectivity index is 1.36. The predicted molar refractivity (Wildman–Crippen MR) is 177 cm³/mol. The number of carbonyl (C=O) groups excluding carboxylic acids is 2. The second kappa shape index (κ2) is 13.1. The molecule has 2 unspecified atom stereocenters. The highest BCUT2D eigenvalue weighted by atomic mass is 35.5. The predicted octanol–water partition coefficient (Wildman–Crippen LogP) is 4.61. The van der Waals surface area contributed by atoms with Crippen LogP contribution in [0.25, 0.3) is 11.1 Å². The van der Waals surface area contributed by atoms with Crippen LogP contribution in [0.2, 0.25) is 10.0 Å². The zero-order valence-corrected chi connectivity index (χ0v) is 27.8. The molecule has 0 spiro atoms. The van der Waals surface area contributed by atoms with Gasteiger partial charge in [0.1, 0.15) is 33.9 Å². The number of carboxylic acid groups (broad SMARTS) is 1. The molecule has 2 aromatic carbocycles. The van der Waals surface area contributed by atoms with Gasteiger partial charge in [-0.3, -0.25) is 19.0 Å². The number of carboxylic acids is 1. The van der Waals surface area contributed by atoms with E-state index < -0.39 is 40.4 Å². The molecule has 15 heteroatoms. The third-order valence-electron chi connectivity index (χ3n) is 8.47. The highest BCUT2D eigenvalue weighted by Gasteiger charge is 2.52. The number of fused-ring (bicyclic) bond motifs is 1. The van der Waals surface area contributed by atoms with E-state index in [0.29, 0.717) is 35.1 Å². The Hall–Kier alpha value is -4.17. The number of nitrogens with zero attached hydrogens (tertiary/aromatic N) is 6. The number of aliphatic carboxylic acids is 1. The first-order valence-corrected chi connectivity index (χ1v) is 16.8. The topological polar surface area (TPSA) is 151 Å². The lowest BCUT2D eigenvalue weighted by molar-refractivity contribution is -0.141. The van der Waals surface area contributed by atoms with Crippen molar-refractivity contribution >= 4 is 63.6 Å². The summed E-state index contributed by atoms with van der Waals surface area (Å²) in [7, 11) is -1.90. The van der Waals surface area contributed by atoms with Gasteiger partial charge < -0.3 is 10.4 Å². The first-order chi connectivity index (χ1) is 22.5. The molecule has 1 fully saturated rings. The van der Waals surface area contributed by atoms with Crippen molar-refractivity contribution in [1.82, 2.24) is 29.1 Å². The number of carbonyl (C=O) groups is 3. The van der Waals surface area contributed by atoms with Crippen LogP contribution in [-0.2, 0) is 37.3 Å². The van der Waals surface area contributed by atoms with Gasteiger partial charge in [-0.25, -0.2) is 28.4 Å². The fourth-order valence-electron chi connectivity index (χ4n) is 6.00. The molecule has 2 aliphatic rings. The largest absolute Gasteiger partial charge is 0.481 e. The highest BCUT2D eigenvalue weighted by Crippen LogP contribution is 2.45. The number of hydrogen-bond donors (Lipinski definition) is 2. The average Bonchev–Trinajstić information content (AvgIpc) is 3.76. The van der Waals surface area contributed by atoms with Crippen LogP contribution in [0.15, 0.2) is 72.4 Å². The van der Waals surface area contributed by atoms with E-state index in [-0.39, 0.29) is 29.8 Å².